The Kier molecular flexibility index (Phi) is 6.45. The van der Waals surface area contributed by atoms with E-state index in [9.17, 15) is 12.8 Å². The zero-order chi connectivity index (χ0) is 18.2. The molecule has 1 aliphatic rings. The Bertz CT molecular complexity index is 851. The molecule has 1 aliphatic heterocycles. The molecule has 7 heteroatoms. The Hall–Kier alpha value is -1.47. The molecule has 0 unspecified atom stereocenters. The fourth-order valence-corrected chi connectivity index (χ4v) is 5.24. The first-order valence-electron chi connectivity index (χ1n) is 8.36. The number of halogens is 2. The first kappa shape index (κ1) is 20.8. The van der Waals surface area contributed by atoms with Crippen molar-refractivity contribution in [2.75, 3.05) is 19.6 Å². The molecule has 0 saturated carbocycles. The highest BCUT2D eigenvalue weighted by Gasteiger charge is 2.39. The molecule has 1 heterocycles. The molecule has 0 radical (unpaired) electrons. The molecule has 2 aromatic carbocycles. The van der Waals surface area contributed by atoms with Crippen molar-refractivity contribution in [3.63, 3.8) is 0 Å². The maximum absolute atomic E-state index is 13.9. The van der Waals surface area contributed by atoms with Crippen molar-refractivity contribution < 1.29 is 12.8 Å². The van der Waals surface area contributed by atoms with Gasteiger partial charge in [0.1, 0.15) is 5.82 Å². The third-order valence-electron chi connectivity index (χ3n) is 4.99. The van der Waals surface area contributed by atoms with Gasteiger partial charge in [-0.1, -0.05) is 30.3 Å². The monoisotopic (exact) mass is 398 g/mol. The van der Waals surface area contributed by atoms with E-state index in [1.807, 2.05) is 30.3 Å². The molecule has 1 fully saturated rings. The van der Waals surface area contributed by atoms with Gasteiger partial charge in [-0.25, -0.2) is 12.8 Å². The van der Waals surface area contributed by atoms with E-state index in [1.165, 1.54) is 16.4 Å². The van der Waals surface area contributed by atoms with Gasteiger partial charge in [0.25, 0.3) is 0 Å². The van der Waals surface area contributed by atoms with Crippen molar-refractivity contribution in [3.05, 3.63) is 65.0 Å². The molecular formula is C19H24ClFN2O2S. The lowest BCUT2D eigenvalue weighted by molar-refractivity contribution is 0.458. The van der Waals surface area contributed by atoms with E-state index >= 15 is 0 Å². The van der Waals surface area contributed by atoms with Gasteiger partial charge in [-0.15, -0.1) is 12.4 Å². The summed E-state index contributed by atoms with van der Waals surface area (Å²) in [6.45, 7) is 4.37. The van der Waals surface area contributed by atoms with Crippen molar-refractivity contribution in [2.24, 2.45) is 11.7 Å². The molecule has 4 nitrogen and oxygen atoms in total. The van der Waals surface area contributed by atoms with Crippen LogP contribution in [0.5, 0.6) is 0 Å². The topological polar surface area (TPSA) is 63.4 Å². The quantitative estimate of drug-likeness (QED) is 0.859. The van der Waals surface area contributed by atoms with Crippen molar-refractivity contribution in [3.8, 4) is 0 Å². The number of nitrogens with zero attached hydrogens (tertiary/aromatic N) is 1. The third kappa shape index (κ3) is 3.78. The lowest BCUT2D eigenvalue weighted by Gasteiger charge is -2.18. The van der Waals surface area contributed by atoms with Crippen molar-refractivity contribution in [2.45, 2.75) is 24.7 Å². The summed E-state index contributed by atoms with van der Waals surface area (Å²) in [4.78, 5) is 0.147. The number of nitrogens with two attached hydrogens (primary N) is 1. The second-order valence-corrected chi connectivity index (χ2v) is 8.64. The minimum absolute atomic E-state index is 0. The fraction of sp³-hybridized carbons (Fsp3) is 0.368. The summed E-state index contributed by atoms with van der Waals surface area (Å²) in [7, 11) is -3.67. The van der Waals surface area contributed by atoms with Crippen LogP contribution in [0.3, 0.4) is 0 Å². The Morgan fingerprint density at radius 3 is 2.23 bits per heavy atom. The molecule has 26 heavy (non-hydrogen) atoms. The van der Waals surface area contributed by atoms with Crippen LogP contribution in [0, 0.1) is 25.6 Å². The number of hydrogen-bond donors (Lipinski definition) is 1. The van der Waals surface area contributed by atoms with E-state index in [4.69, 9.17) is 5.73 Å². The smallest absolute Gasteiger partial charge is 0.243 e. The molecule has 3 rings (SSSR count). The number of hydrogen-bond acceptors (Lipinski definition) is 3. The van der Waals surface area contributed by atoms with Crippen LogP contribution in [0.4, 0.5) is 4.39 Å². The summed E-state index contributed by atoms with van der Waals surface area (Å²) in [5.41, 5.74) is 7.68. The minimum Gasteiger partial charge on any atom is -0.330 e. The van der Waals surface area contributed by atoms with Gasteiger partial charge in [0.2, 0.25) is 10.0 Å². The molecule has 0 aromatic heterocycles. The Morgan fingerprint density at radius 2 is 1.69 bits per heavy atom. The van der Waals surface area contributed by atoms with Crippen LogP contribution in [0.2, 0.25) is 0 Å². The maximum atomic E-state index is 13.9. The molecule has 2 aromatic rings. The lowest BCUT2D eigenvalue weighted by Crippen LogP contribution is -2.30. The van der Waals surface area contributed by atoms with Gasteiger partial charge in [0.05, 0.1) is 4.90 Å². The molecule has 1 saturated heterocycles. The van der Waals surface area contributed by atoms with Crippen LogP contribution in [-0.2, 0) is 10.0 Å². The summed E-state index contributed by atoms with van der Waals surface area (Å²) >= 11 is 0. The zero-order valence-corrected chi connectivity index (χ0v) is 16.5. The van der Waals surface area contributed by atoms with Crippen LogP contribution in [0.15, 0.2) is 47.4 Å². The summed E-state index contributed by atoms with van der Waals surface area (Å²) in [5, 5.41) is 0. The third-order valence-corrected chi connectivity index (χ3v) is 6.80. The van der Waals surface area contributed by atoms with E-state index in [2.05, 4.69) is 0 Å². The molecule has 0 bridgehead atoms. The molecule has 2 N–H and O–H groups in total. The number of sulfonamides is 1. The van der Waals surface area contributed by atoms with Crippen LogP contribution >= 0.6 is 12.4 Å². The number of rotatable bonds is 4. The zero-order valence-electron chi connectivity index (χ0n) is 14.9. The maximum Gasteiger partial charge on any atom is 0.243 e. The van der Waals surface area contributed by atoms with Gasteiger partial charge < -0.3 is 5.73 Å². The number of aryl methyl sites for hydroxylation is 2. The van der Waals surface area contributed by atoms with Gasteiger partial charge in [-0.3, -0.25) is 0 Å². The van der Waals surface area contributed by atoms with E-state index in [0.29, 0.717) is 30.8 Å². The van der Waals surface area contributed by atoms with Crippen LogP contribution in [0.25, 0.3) is 0 Å². The van der Waals surface area contributed by atoms with E-state index in [0.717, 1.165) is 5.56 Å². The molecular weight excluding hydrogens is 375 g/mol. The highest BCUT2D eigenvalue weighted by Crippen LogP contribution is 2.35. The van der Waals surface area contributed by atoms with Gasteiger partial charge >= 0.3 is 0 Å². The first-order valence-corrected chi connectivity index (χ1v) is 9.80. The predicted octanol–water partition coefficient (Wildman–Crippen LogP) is 3.23. The van der Waals surface area contributed by atoms with Gasteiger partial charge in [0, 0.05) is 19.0 Å². The average Bonchev–Trinajstić information content (AvgIpc) is 3.05. The highest BCUT2D eigenvalue weighted by atomic mass is 35.5. The normalized spacial score (nSPS) is 20.8. The van der Waals surface area contributed by atoms with Gasteiger partial charge in [-0.2, -0.15) is 4.31 Å². The van der Waals surface area contributed by atoms with E-state index in [1.54, 1.807) is 13.8 Å². The molecule has 2 atom stereocenters. The molecule has 142 valence electrons. The summed E-state index contributed by atoms with van der Waals surface area (Å²) in [6, 6.07) is 12.7. The van der Waals surface area contributed by atoms with Crippen LogP contribution in [0.1, 0.15) is 22.6 Å². The van der Waals surface area contributed by atoms with Crippen molar-refractivity contribution in [1.29, 1.82) is 0 Å². The predicted molar refractivity (Wildman–Crippen MR) is 104 cm³/mol. The molecule has 0 aliphatic carbocycles. The fourth-order valence-electron chi connectivity index (χ4n) is 3.55. The SMILES string of the molecule is Cc1cc(S(=O)(=O)N2C[C@@H](CN)[C@H](c3ccccc3)C2)cc(C)c1F.Cl. The van der Waals surface area contributed by atoms with E-state index in [-0.39, 0.29) is 35.0 Å². The van der Waals surface area contributed by atoms with Gasteiger partial charge in [-0.05, 0) is 55.1 Å². The Morgan fingerprint density at radius 1 is 1.12 bits per heavy atom. The van der Waals surface area contributed by atoms with E-state index < -0.39 is 10.0 Å². The number of benzene rings is 2. The average molecular weight is 399 g/mol. The first-order chi connectivity index (χ1) is 11.8. The lowest BCUT2D eigenvalue weighted by atomic mass is 9.89. The summed E-state index contributed by atoms with van der Waals surface area (Å²) < 4.78 is 41.4. The van der Waals surface area contributed by atoms with Crippen LogP contribution < -0.4 is 5.73 Å². The summed E-state index contributed by atoms with van der Waals surface area (Å²) in [5.74, 6) is -0.217. The van der Waals surface area contributed by atoms with Crippen LogP contribution in [-0.4, -0.2) is 32.4 Å². The molecule has 0 amide bonds. The Balaban J connectivity index is 0.00000243. The second kappa shape index (κ2) is 8.05. The highest BCUT2D eigenvalue weighted by molar-refractivity contribution is 7.89. The summed E-state index contributed by atoms with van der Waals surface area (Å²) in [6.07, 6.45) is 0. The van der Waals surface area contributed by atoms with Crippen molar-refractivity contribution in [1.82, 2.24) is 4.31 Å². The minimum atomic E-state index is -3.67. The Labute approximate surface area is 160 Å². The van der Waals surface area contributed by atoms with Crippen molar-refractivity contribution >= 4 is 22.4 Å². The molecule has 0 spiro atoms. The largest absolute Gasteiger partial charge is 0.330 e. The second-order valence-electron chi connectivity index (χ2n) is 6.71. The van der Waals surface area contributed by atoms with Gasteiger partial charge in [0.15, 0.2) is 0 Å². The standard InChI is InChI=1S/C19H23FN2O2S.ClH/c1-13-8-17(9-14(2)19(13)20)25(23,24)22-11-16(10-21)18(12-22)15-6-4-3-5-7-15;/h3-9,16,18H,10-12,21H2,1-2H3;1H/t16-,18+;/m1./s1.